The topological polar surface area (TPSA) is 22.1 Å². The van der Waals surface area contributed by atoms with Crippen LogP contribution in [0.4, 0.5) is 4.39 Å². The Hall–Kier alpha value is -1.12. The number of rotatable bonds is 0. The summed E-state index contributed by atoms with van der Waals surface area (Å²) in [6, 6.07) is 1.39. The monoisotopic (exact) mass is 153 g/mol. The van der Waals surface area contributed by atoms with Crippen LogP contribution in [0.5, 0.6) is 5.75 Å². The van der Waals surface area contributed by atoms with E-state index >= 15 is 0 Å². The minimum Gasteiger partial charge on any atom is -0.492 e. The molecule has 11 heavy (non-hydrogen) atoms. The van der Waals surface area contributed by atoms with Gasteiger partial charge in [-0.1, -0.05) is 0 Å². The smallest absolute Gasteiger partial charge is 0.145 e. The van der Waals surface area contributed by atoms with Crippen molar-refractivity contribution in [3.63, 3.8) is 0 Å². The minimum absolute atomic E-state index is 0.328. The Kier molecular flexibility index (Phi) is 1.49. The van der Waals surface area contributed by atoms with Gasteiger partial charge in [0.1, 0.15) is 11.6 Å². The van der Waals surface area contributed by atoms with Crippen LogP contribution in [0.2, 0.25) is 0 Å². The van der Waals surface area contributed by atoms with Gasteiger partial charge < -0.3 is 4.74 Å². The average Bonchev–Trinajstić information content (AvgIpc) is 2.04. The number of hydrogen-bond acceptors (Lipinski definition) is 2. The predicted molar refractivity (Wildman–Crippen MR) is 38.0 cm³/mol. The number of nitrogens with zero attached hydrogens (tertiary/aromatic N) is 1. The molecule has 1 aromatic heterocycles. The summed E-state index contributed by atoms with van der Waals surface area (Å²) in [6.07, 6.45) is 3.11. The highest BCUT2D eigenvalue weighted by molar-refractivity contribution is 5.28. The van der Waals surface area contributed by atoms with Gasteiger partial charge in [-0.3, -0.25) is 4.98 Å². The van der Waals surface area contributed by atoms with Crippen LogP contribution >= 0.6 is 0 Å². The maximum Gasteiger partial charge on any atom is 0.145 e. The molecule has 1 aliphatic heterocycles. The lowest BCUT2D eigenvalue weighted by molar-refractivity contribution is 0.283. The molecule has 2 heterocycles. The highest BCUT2D eigenvalue weighted by Crippen LogP contribution is 2.22. The number of pyridine rings is 1. The van der Waals surface area contributed by atoms with Crippen LogP contribution in [-0.2, 0) is 6.42 Å². The second-order valence-electron chi connectivity index (χ2n) is 2.55. The summed E-state index contributed by atoms with van der Waals surface area (Å²) >= 11 is 0. The molecular weight excluding hydrogens is 145 g/mol. The van der Waals surface area contributed by atoms with Crippen LogP contribution in [0.25, 0.3) is 0 Å². The Balaban J connectivity index is 2.43. The first-order valence-corrected chi connectivity index (χ1v) is 3.63. The molecule has 0 bridgehead atoms. The van der Waals surface area contributed by atoms with Crippen molar-refractivity contribution in [3.8, 4) is 5.75 Å². The van der Waals surface area contributed by atoms with Crippen molar-refractivity contribution in [1.29, 1.82) is 0 Å². The molecule has 2 rings (SSSR count). The maximum atomic E-state index is 12.6. The van der Waals surface area contributed by atoms with Gasteiger partial charge in [0.2, 0.25) is 0 Å². The van der Waals surface area contributed by atoms with Crippen LogP contribution in [-0.4, -0.2) is 11.6 Å². The van der Waals surface area contributed by atoms with Crippen LogP contribution in [0, 0.1) is 5.82 Å². The molecule has 1 aromatic rings. The van der Waals surface area contributed by atoms with E-state index in [0.717, 1.165) is 18.5 Å². The second-order valence-corrected chi connectivity index (χ2v) is 2.55. The van der Waals surface area contributed by atoms with Crippen LogP contribution in [0.1, 0.15) is 12.1 Å². The van der Waals surface area contributed by atoms with Crippen molar-refractivity contribution in [3.05, 3.63) is 23.8 Å². The maximum absolute atomic E-state index is 12.6. The normalized spacial score (nSPS) is 15.4. The van der Waals surface area contributed by atoms with Gasteiger partial charge in [-0.05, 0) is 12.8 Å². The van der Waals surface area contributed by atoms with Gasteiger partial charge in [0.25, 0.3) is 0 Å². The molecule has 0 spiro atoms. The minimum atomic E-state index is -0.328. The van der Waals surface area contributed by atoms with E-state index in [9.17, 15) is 4.39 Å². The fraction of sp³-hybridized carbons (Fsp3) is 0.375. The van der Waals surface area contributed by atoms with E-state index in [1.54, 1.807) is 0 Å². The quantitative estimate of drug-likeness (QED) is 0.564. The number of hydrogen-bond donors (Lipinski definition) is 0. The molecule has 0 aliphatic carbocycles. The van der Waals surface area contributed by atoms with Crippen LogP contribution in [0.3, 0.4) is 0 Å². The lowest BCUT2D eigenvalue weighted by Crippen LogP contribution is -2.09. The Morgan fingerprint density at radius 1 is 1.55 bits per heavy atom. The summed E-state index contributed by atoms with van der Waals surface area (Å²) in [7, 11) is 0. The molecule has 0 radical (unpaired) electrons. The lowest BCUT2D eigenvalue weighted by Gasteiger charge is -2.15. The van der Waals surface area contributed by atoms with Gasteiger partial charge in [0, 0.05) is 6.07 Å². The molecule has 0 saturated heterocycles. The SMILES string of the molecule is Fc1cnc2c(c1)OCCC2. The van der Waals surface area contributed by atoms with Crippen molar-refractivity contribution >= 4 is 0 Å². The van der Waals surface area contributed by atoms with Crippen molar-refractivity contribution < 1.29 is 9.13 Å². The third kappa shape index (κ3) is 1.18. The fourth-order valence-corrected chi connectivity index (χ4v) is 1.18. The van der Waals surface area contributed by atoms with Gasteiger partial charge in [-0.15, -0.1) is 0 Å². The molecule has 0 fully saturated rings. The fourth-order valence-electron chi connectivity index (χ4n) is 1.18. The summed E-state index contributed by atoms with van der Waals surface area (Å²) < 4.78 is 17.8. The average molecular weight is 153 g/mol. The summed E-state index contributed by atoms with van der Waals surface area (Å²) in [5.74, 6) is 0.280. The third-order valence-electron chi connectivity index (χ3n) is 1.71. The summed E-state index contributed by atoms with van der Waals surface area (Å²) in [4.78, 5) is 3.92. The number of aromatic nitrogens is 1. The van der Waals surface area contributed by atoms with E-state index in [4.69, 9.17) is 4.74 Å². The van der Waals surface area contributed by atoms with Crippen molar-refractivity contribution in [1.82, 2.24) is 4.98 Å². The highest BCUT2D eigenvalue weighted by atomic mass is 19.1. The van der Waals surface area contributed by atoms with E-state index in [0.29, 0.717) is 12.4 Å². The second kappa shape index (κ2) is 2.49. The van der Waals surface area contributed by atoms with Gasteiger partial charge in [-0.25, -0.2) is 4.39 Å². The predicted octanol–water partition coefficient (Wildman–Crippen LogP) is 1.55. The first-order valence-electron chi connectivity index (χ1n) is 3.63. The molecule has 58 valence electrons. The first kappa shape index (κ1) is 6.58. The van der Waals surface area contributed by atoms with E-state index in [2.05, 4.69) is 4.98 Å². The van der Waals surface area contributed by atoms with Gasteiger partial charge >= 0.3 is 0 Å². The van der Waals surface area contributed by atoms with Crippen molar-refractivity contribution in [2.24, 2.45) is 0 Å². The highest BCUT2D eigenvalue weighted by Gasteiger charge is 2.11. The van der Waals surface area contributed by atoms with Gasteiger partial charge in [0.15, 0.2) is 0 Å². The lowest BCUT2D eigenvalue weighted by atomic mass is 10.2. The standard InChI is InChI=1S/C8H8FNO/c9-6-4-8-7(10-5-6)2-1-3-11-8/h4-5H,1-3H2. The number of fused-ring (bicyclic) bond motifs is 1. The Labute approximate surface area is 64.0 Å². The molecule has 0 aromatic carbocycles. The Bertz CT molecular complexity index is 275. The Morgan fingerprint density at radius 3 is 3.36 bits per heavy atom. The van der Waals surface area contributed by atoms with Gasteiger partial charge in [-0.2, -0.15) is 0 Å². The number of aryl methyl sites for hydroxylation is 1. The first-order chi connectivity index (χ1) is 5.36. The molecule has 0 amide bonds. The van der Waals surface area contributed by atoms with E-state index < -0.39 is 0 Å². The third-order valence-corrected chi connectivity index (χ3v) is 1.71. The van der Waals surface area contributed by atoms with E-state index in [-0.39, 0.29) is 5.82 Å². The van der Waals surface area contributed by atoms with E-state index in [1.165, 1.54) is 12.3 Å². The molecule has 2 nitrogen and oxygen atoms in total. The van der Waals surface area contributed by atoms with Crippen LogP contribution < -0.4 is 4.74 Å². The zero-order valence-electron chi connectivity index (χ0n) is 6.01. The molecule has 0 saturated carbocycles. The van der Waals surface area contributed by atoms with Crippen molar-refractivity contribution in [2.75, 3.05) is 6.61 Å². The molecule has 1 aliphatic rings. The number of halogens is 1. The summed E-state index contributed by atoms with van der Waals surface area (Å²) in [5, 5.41) is 0. The Morgan fingerprint density at radius 2 is 2.45 bits per heavy atom. The zero-order valence-corrected chi connectivity index (χ0v) is 6.01. The molecule has 0 N–H and O–H groups in total. The molecule has 0 unspecified atom stereocenters. The van der Waals surface area contributed by atoms with E-state index in [1.807, 2.05) is 0 Å². The van der Waals surface area contributed by atoms with Crippen molar-refractivity contribution in [2.45, 2.75) is 12.8 Å². The molecule has 3 heteroatoms. The zero-order chi connectivity index (χ0) is 7.68. The van der Waals surface area contributed by atoms with Gasteiger partial charge in [0.05, 0.1) is 18.5 Å². The molecule has 0 atom stereocenters. The molecular formula is C8H8FNO. The van der Waals surface area contributed by atoms with Crippen LogP contribution in [0.15, 0.2) is 12.3 Å². The largest absolute Gasteiger partial charge is 0.492 e. The summed E-state index contributed by atoms with van der Waals surface area (Å²) in [5.41, 5.74) is 0.873. The summed E-state index contributed by atoms with van der Waals surface area (Å²) in [6.45, 7) is 0.679. The number of ether oxygens (including phenoxy) is 1.